The van der Waals surface area contributed by atoms with Gasteiger partial charge >= 0.3 is 0 Å². The number of methoxy groups -OCH3 is 1. The van der Waals surface area contributed by atoms with E-state index in [-0.39, 0.29) is 0 Å². The zero-order valence-corrected chi connectivity index (χ0v) is 8.71. The first-order valence-electron chi connectivity index (χ1n) is 4.96. The molecular weight excluding hydrogens is 176 g/mol. The molecule has 1 fully saturated rings. The molecule has 2 rings (SSSR count). The van der Waals surface area contributed by atoms with E-state index in [1.807, 2.05) is 19.2 Å². The smallest absolute Gasteiger partial charge is 0.122 e. The molecule has 1 aromatic rings. The quantitative estimate of drug-likeness (QED) is 0.782. The molecule has 0 atom stereocenters. The number of aromatic nitrogens is 1. The normalized spacial score (nSPS) is 17.9. The van der Waals surface area contributed by atoms with Crippen molar-refractivity contribution in [3.8, 4) is 5.75 Å². The Kier molecular flexibility index (Phi) is 2.42. The van der Waals surface area contributed by atoms with Crippen LogP contribution in [0, 0.1) is 0 Å². The summed E-state index contributed by atoms with van der Waals surface area (Å²) in [7, 11) is 3.71. The highest BCUT2D eigenvalue weighted by molar-refractivity contribution is 5.25. The molecule has 1 N–H and O–H groups in total. The highest BCUT2D eigenvalue weighted by Crippen LogP contribution is 2.37. The third-order valence-electron chi connectivity index (χ3n) is 2.93. The summed E-state index contributed by atoms with van der Waals surface area (Å²) >= 11 is 0. The fraction of sp³-hybridized carbons (Fsp3) is 0.545. The first-order chi connectivity index (χ1) is 6.78. The average Bonchev–Trinajstić information content (AvgIpc) is 2.99. The Hall–Kier alpha value is -1.09. The van der Waals surface area contributed by atoms with Gasteiger partial charge in [0.25, 0.3) is 0 Å². The molecular formula is C11H16N2O. The summed E-state index contributed by atoms with van der Waals surface area (Å²) in [6.07, 6.45) is 5.31. The molecule has 1 aliphatic carbocycles. The number of likely N-dealkylation sites (N-methyl/N-ethyl adjacent to an activating group) is 1. The van der Waals surface area contributed by atoms with Crippen molar-refractivity contribution < 1.29 is 4.74 Å². The Bertz CT molecular complexity index is 321. The van der Waals surface area contributed by atoms with Gasteiger partial charge in [-0.3, -0.25) is 4.98 Å². The highest BCUT2D eigenvalue weighted by Gasteiger charge is 2.41. The van der Waals surface area contributed by atoms with Gasteiger partial charge in [-0.05, 0) is 26.0 Å². The van der Waals surface area contributed by atoms with Crippen molar-refractivity contribution in [3.63, 3.8) is 0 Å². The Labute approximate surface area is 84.5 Å². The van der Waals surface area contributed by atoms with Gasteiger partial charge in [0.05, 0.1) is 7.11 Å². The van der Waals surface area contributed by atoms with Gasteiger partial charge in [0.2, 0.25) is 0 Å². The van der Waals surface area contributed by atoms with Gasteiger partial charge in [-0.25, -0.2) is 0 Å². The van der Waals surface area contributed by atoms with E-state index in [0.29, 0.717) is 5.54 Å². The maximum atomic E-state index is 5.16. The van der Waals surface area contributed by atoms with E-state index >= 15 is 0 Å². The van der Waals surface area contributed by atoms with E-state index in [1.165, 1.54) is 12.8 Å². The lowest BCUT2D eigenvalue weighted by Crippen LogP contribution is -2.29. The van der Waals surface area contributed by atoms with Crippen LogP contribution < -0.4 is 10.1 Å². The largest absolute Gasteiger partial charge is 0.497 e. The zero-order chi connectivity index (χ0) is 10.0. The highest BCUT2D eigenvalue weighted by atomic mass is 16.5. The van der Waals surface area contributed by atoms with Gasteiger partial charge in [-0.1, -0.05) is 0 Å². The minimum Gasteiger partial charge on any atom is -0.497 e. The summed E-state index contributed by atoms with van der Waals surface area (Å²) in [5.41, 5.74) is 1.43. The third kappa shape index (κ3) is 1.87. The lowest BCUT2D eigenvalue weighted by molar-refractivity contribution is 0.412. The van der Waals surface area contributed by atoms with Gasteiger partial charge in [-0.2, -0.15) is 0 Å². The minimum atomic E-state index is 0.319. The maximum absolute atomic E-state index is 5.16. The van der Waals surface area contributed by atoms with Gasteiger partial charge in [-0.15, -0.1) is 0 Å². The molecule has 1 aliphatic rings. The number of hydrogen-bond donors (Lipinski definition) is 1. The number of nitrogens with zero attached hydrogens (tertiary/aromatic N) is 1. The SMILES string of the molecule is CNC1(Cc2cc(OC)ccn2)CC1. The Morgan fingerprint density at radius 2 is 2.36 bits per heavy atom. The van der Waals surface area contributed by atoms with Crippen LogP contribution in [-0.4, -0.2) is 24.7 Å². The topological polar surface area (TPSA) is 34.1 Å². The third-order valence-corrected chi connectivity index (χ3v) is 2.93. The number of hydrogen-bond acceptors (Lipinski definition) is 3. The molecule has 0 saturated heterocycles. The van der Waals surface area contributed by atoms with E-state index < -0.39 is 0 Å². The molecule has 14 heavy (non-hydrogen) atoms. The van der Waals surface area contributed by atoms with Gasteiger partial charge in [0, 0.05) is 29.9 Å². The Morgan fingerprint density at radius 3 is 2.93 bits per heavy atom. The lowest BCUT2D eigenvalue weighted by atomic mass is 10.1. The van der Waals surface area contributed by atoms with Crippen LogP contribution in [0.4, 0.5) is 0 Å². The molecule has 0 unspecified atom stereocenters. The number of ether oxygens (including phenoxy) is 1. The van der Waals surface area contributed by atoms with Crippen molar-refractivity contribution in [2.75, 3.05) is 14.2 Å². The Morgan fingerprint density at radius 1 is 1.57 bits per heavy atom. The van der Waals surface area contributed by atoms with Crippen molar-refractivity contribution in [1.82, 2.24) is 10.3 Å². The van der Waals surface area contributed by atoms with Gasteiger partial charge in [0.15, 0.2) is 0 Å². The molecule has 0 aromatic carbocycles. The summed E-state index contributed by atoms with van der Waals surface area (Å²) < 4.78 is 5.16. The Balaban J connectivity index is 2.09. The van der Waals surface area contributed by atoms with E-state index in [0.717, 1.165) is 17.9 Å². The number of pyridine rings is 1. The van der Waals surface area contributed by atoms with Crippen molar-refractivity contribution in [2.24, 2.45) is 0 Å². The van der Waals surface area contributed by atoms with Crippen molar-refractivity contribution >= 4 is 0 Å². The molecule has 1 heterocycles. The molecule has 0 bridgehead atoms. The molecule has 0 spiro atoms. The fourth-order valence-corrected chi connectivity index (χ4v) is 1.69. The van der Waals surface area contributed by atoms with Gasteiger partial charge < -0.3 is 10.1 Å². The second-order valence-corrected chi connectivity index (χ2v) is 3.89. The molecule has 3 heteroatoms. The van der Waals surface area contributed by atoms with E-state index in [1.54, 1.807) is 13.3 Å². The molecule has 0 amide bonds. The van der Waals surface area contributed by atoms with Gasteiger partial charge in [0.1, 0.15) is 5.75 Å². The molecule has 3 nitrogen and oxygen atoms in total. The van der Waals surface area contributed by atoms with E-state index in [9.17, 15) is 0 Å². The van der Waals surface area contributed by atoms with Crippen molar-refractivity contribution in [3.05, 3.63) is 24.0 Å². The van der Waals surface area contributed by atoms with Crippen molar-refractivity contribution in [2.45, 2.75) is 24.8 Å². The first kappa shape index (κ1) is 9.46. The zero-order valence-electron chi connectivity index (χ0n) is 8.71. The van der Waals surface area contributed by atoms with Crippen LogP contribution in [-0.2, 0) is 6.42 Å². The lowest BCUT2D eigenvalue weighted by Gasteiger charge is -2.13. The van der Waals surface area contributed by atoms with Crippen LogP contribution in [0.3, 0.4) is 0 Å². The number of rotatable bonds is 4. The predicted octanol–water partition coefficient (Wildman–Crippen LogP) is 1.38. The standard InChI is InChI=1S/C11H16N2O/c1-12-11(4-5-11)8-9-7-10(14-2)3-6-13-9/h3,6-7,12H,4-5,8H2,1-2H3. The maximum Gasteiger partial charge on any atom is 0.122 e. The van der Waals surface area contributed by atoms with E-state index in [4.69, 9.17) is 4.74 Å². The average molecular weight is 192 g/mol. The fourth-order valence-electron chi connectivity index (χ4n) is 1.69. The predicted molar refractivity (Wildman–Crippen MR) is 55.5 cm³/mol. The molecule has 76 valence electrons. The molecule has 1 saturated carbocycles. The summed E-state index contributed by atoms with van der Waals surface area (Å²) in [5.74, 6) is 0.891. The van der Waals surface area contributed by atoms with Crippen LogP contribution >= 0.6 is 0 Å². The summed E-state index contributed by atoms with van der Waals surface area (Å²) in [5, 5.41) is 3.36. The molecule has 0 radical (unpaired) electrons. The summed E-state index contributed by atoms with van der Waals surface area (Å²) in [6, 6.07) is 3.89. The minimum absolute atomic E-state index is 0.319. The second-order valence-electron chi connectivity index (χ2n) is 3.89. The van der Waals surface area contributed by atoms with Crippen LogP contribution in [0.2, 0.25) is 0 Å². The second kappa shape index (κ2) is 3.58. The van der Waals surface area contributed by atoms with Crippen LogP contribution in [0.5, 0.6) is 5.75 Å². The van der Waals surface area contributed by atoms with Crippen molar-refractivity contribution in [1.29, 1.82) is 0 Å². The van der Waals surface area contributed by atoms with E-state index in [2.05, 4.69) is 10.3 Å². The summed E-state index contributed by atoms with van der Waals surface area (Å²) in [4.78, 5) is 4.34. The molecule has 1 aromatic heterocycles. The monoisotopic (exact) mass is 192 g/mol. The van der Waals surface area contributed by atoms with Crippen LogP contribution in [0.25, 0.3) is 0 Å². The first-order valence-corrected chi connectivity index (χ1v) is 4.96. The van der Waals surface area contributed by atoms with Crippen LogP contribution in [0.1, 0.15) is 18.5 Å². The number of nitrogens with one attached hydrogen (secondary N) is 1. The summed E-state index contributed by atoms with van der Waals surface area (Å²) in [6.45, 7) is 0. The van der Waals surface area contributed by atoms with Crippen LogP contribution in [0.15, 0.2) is 18.3 Å². The molecule has 0 aliphatic heterocycles.